The number of thioether (sulfide) groups is 1. The smallest absolute Gasteiger partial charge is 0.290 e. The van der Waals surface area contributed by atoms with Crippen LogP contribution in [0.5, 0.6) is 0 Å². The fourth-order valence-corrected chi connectivity index (χ4v) is 2.36. The summed E-state index contributed by atoms with van der Waals surface area (Å²) in [6.45, 7) is 0. The summed E-state index contributed by atoms with van der Waals surface area (Å²) in [4.78, 5) is 22.7. The van der Waals surface area contributed by atoms with Crippen molar-refractivity contribution >= 4 is 40.0 Å². The van der Waals surface area contributed by atoms with Gasteiger partial charge in [0, 0.05) is 11.5 Å². The summed E-state index contributed by atoms with van der Waals surface area (Å²) in [6, 6.07) is 5.65. The molecule has 2 aromatic rings. The second-order valence-electron chi connectivity index (χ2n) is 3.70. The average molecular weight is 263 g/mol. The molecule has 2 heterocycles. The third-order valence-electron chi connectivity index (χ3n) is 2.45. The molecule has 6 heteroatoms. The number of rotatable bonds is 1. The van der Waals surface area contributed by atoms with E-state index in [0.717, 1.165) is 11.8 Å². The molecule has 0 atom stereocenters. The van der Waals surface area contributed by atoms with E-state index in [1.807, 2.05) is 0 Å². The van der Waals surface area contributed by atoms with Crippen molar-refractivity contribution in [3.63, 3.8) is 0 Å². The molecule has 1 saturated heterocycles. The Labute approximate surface area is 105 Å². The number of benzene rings is 1. The molecule has 4 nitrogen and oxygen atoms in total. The summed E-state index contributed by atoms with van der Waals surface area (Å²) >= 11 is 0.836. The molecule has 2 amide bonds. The number of carbonyl (C=O) groups excluding carboxylic acids is 2. The van der Waals surface area contributed by atoms with Crippen LogP contribution >= 0.6 is 11.8 Å². The van der Waals surface area contributed by atoms with E-state index < -0.39 is 17.2 Å². The predicted molar refractivity (Wildman–Crippen MR) is 65.3 cm³/mol. The molecule has 1 N–H and O–H groups in total. The summed E-state index contributed by atoms with van der Waals surface area (Å²) in [7, 11) is 0. The van der Waals surface area contributed by atoms with Crippen molar-refractivity contribution in [3.05, 3.63) is 40.7 Å². The molecule has 3 rings (SSSR count). The van der Waals surface area contributed by atoms with Gasteiger partial charge in [-0.3, -0.25) is 14.9 Å². The Morgan fingerprint density at radius 3 is 2.83 bits per heavy atom. The zero-order chi connectivity index (χ0) is 12.7. The lowest BCUT2D eigenvalue weighted by Crippen LogP contribution is -2.17. The highest BCUT2D eigenvalue weighted by molar-refractivity contribution is 8.18. The van der Waals surface area contributed by atoms with Gasteiger partial charge < -0.3 is 4.42 Å². The number of fused-ring (bicyclic) bond motifs is 1. The van der Waals surface area contributed by atoms with Crippen LogP contribution in [0.15, 0.2) is 33.6 Å². The van der Waals surface area contributed by atoms with Gasteiger partial charge in [0.05, 0.1) is 4.91 Å². The molecule has 1 aromatic carbocycles. The fourth-order valence-electron chi connectivity index (χ4n) is 1.68. The number of carbonyl (C=O) groups is 2. The summed E-state index contributed by atoms with van der Waals surface area (Å²) in [5, 5.41) is 2.42. The van der Waals surface area contributed by atoms with Gasteiger partial charge in [0.2, 0.25) is 0 Å². The highest BCUT2D eigenvalue weighted by Crippen LogP contribution is 2.27. The van der Waals surface area contributed by atoms with E-state index in [0.29, 0.717) is 21.4 Å². The molecule has 0 radical (unpaired) electrons. The van der Waals surface area contributed by atoms with Crippen LogP contribution in [0.2, 0.25) is 0 Å². The monoisotopic (exact) mass is 263 g/mol. The molecule has 0 aliphatic carbocycles. The van der Waals surface area contributed by atoms with Crippen molar-refractivity contribution in [1.82, 2.24) is 5.32 Å². The molecular formula is C12H6FNO3S. The van der Waals surface area contributed by atoms with Crippen LogP contribution in [-0.2, 0) is 4.79 Å². The molecule has 1 aliphatic heterocycles. The Balaban J connectivity index is 2.02. The molecule has 1 fully saturated rings. The first-order valence-electron chi connectivity index (χ1n) is 5.06. The predicted octanol–water partition coefficient (Wildman–Crippen LogP) is 2.90. The van der Waals surface area contributed by atoms with Crippen LogP contribution in [0.1, 0.15) is 5.56 Å². The number of nitrogens with one attached hydrogen (secondary N) is 1. The van der Waals surface area contributed by atoms with E-state index in [-0.39, 0.29) is 0 Å². The number of imide groups is 1. The number of halogens is 1. The van der Waals surface area contributed by atoms with Crippen LogP contribution in [0.3, 0.4) is 0 Å². The van der Waals surface area contributed by atoms with Crippen molar-refractivity contribution in [3.8, 4) is 0 Å². The minimum absolute atomic E-state index is 0.311. The lowest BCUT2D eigenvalue weighted by Gasteiger charge is -1.94. The van der Waals surface area contributed by atoms with E-state index in [2.05, 4.69) is 5.32 Å². The van der Waals surface area contributed by atoms with Crippen LogP contribution in [-0.4, -0.2) is 11.1 Å². The molecule has 90 valence electrons. The minimum atomic E-state index is -0.655. The van der Waals surface area contributed by atoms with E-state index in [1.54, 1.807) is 24.3 Å². The van der Waals surface area contributed by atoms with Crippen LogP contribution in [0.4, 0.5) is 9.18 Å². The van der Waals surface area contributed by atoms with Crippen molar-refractivity contribution in [2.24, 2.45) is 0 Å². The average Bonchev–Trinajstić information content (AvgIpc) is 2.80. The van der Waals surface area contributed by atoms with Crippen LogP contribution in [0.25, 0.3) is 17.0 Å². The Hall–Kier alpha value is -2.08. The molecule has 0 spiro atoms. The van der Waals surface area contributed by atoms with Crippen molar-refractivity contribution < 1.29 is 18.4 Å². The zero-order valence-electron chi connectivity index (χ0n) is 8.90. The Morgan fingerprint density at radius 1 is 1.28 bits per heavy atom. The van der Waals surface area contributed by atoms with E-state index in [1.165, 1.54) is 6.07 Å². The van der Waals surface area contributed by atoms with Gasteiger partial charge in [0.1, 0.15) is 5.58 Å². The maximum Gasteiger partial charge on any atom is 0.290 e. The molecule has 0 saturated carbocycles. The summed E-state index contributed by atoms with van der Waals surface area (Å²) in [6.07, 6.45) is 1.56. The highest BCUT2D eigenvalue weighted by atomic mass is 32.2. The van der Waals surface area contributed by atoms with Crippen LogP contribution in [0, 0.1) is 6.01 Å². The number of amides is 2. The fraction of sp³-hybridized carbons (Fsp3) is 0. The maximum absolute atomic E-state index is 12.9. The van der Waals surface area contributed by atoms with Gasteiger partial charge in [0.25, 0.3) is 17.2 Å². The highest BCUT2D eigenvalue weighted by Gasteiger charge is 2.24. The van der Waals surface area contributed by atoms with E-state index in [9.17, 15) is 14.0 Å². The van der Waals surface area contributed by atoms with E-state index in [4.69, 9.17) is 4.42 Å². The summed E-state index contributed by atoms with van der Waals surface area (Å²) < 4.78 is 17.7. The first kappa shape index (κ1) is 11.0. The number of hydrogen-bond donors (Lipinski definition) is 1. The van der Waals surface area contributed by atoms with Gasteiger partial charge in [-0.25, -0.2) is 0 Å². The van der Waals surface area contributed by atoms with Gasteiger partial charge in [-0.15, -0.1) is 0 Å². The van der Waals surface area contributed by atoms with Crippen LogP contribution < -0.4 is 5.32 Å². The third-order valence-corrected chi connectivity index (χ3v) is 3.26. The molecule has 0 unspecified atom stereocenters. The first-order chi connectivity index (χ1) is 8.61. The topological polar surface area (TPSA) is 59.3 Å². The Morgan fingerprint density at radius 2 is 2.11 bits per heavy atom. The van der Waals surface area contributed by atoms with Crippen molar-refractivity contribution in [1.29, 1.82) is 0 Å². The standard InChI is InChI=1S/C12H6FNO3S/c13-10-5-7-2-1-6(3-8(7)17-10)4-9-11(15)14-12(16)18-9/h1-5H,(H,14,15,16)/b9-4+. The maximum atomic E-state index is 12.9. The lowest BCUT2D eigenvalue weighted by atomic mass is 10.1. The SMILES string of the molecule is O=C1NC(=O)/C(=C\c2ccc3cc(F)oc3c2)S1. The lowest BCUT2D eigenvalue weighted by molar-refractivity contribution is -0.115. The molecule has 18 heavy (non-hydrogen) atoms. The zero-order valence-corrected chi connectivity index (χ0v) is 9.71. The molecular weight excluding hydrogens is 257 g/mol. The van der Waals surface area contributed by atoms with Crippen molar-refractivity contribution in [2.75, 3.05) is 0 Å². The van der Waals surface area contributed by atoms with Gasteiger partial charge >= 0.3 is 0 Å². The minimum Gasteiger partial charge on any atom is -0.431 e. The van der Waals surface area contributed by atoms with Crippen molar-refractivity contribution in [2.45, 2.75) is 0 Å². The second kappa shape index (κ2) is 3.99. The molecule has 1 aliphatic rings. The van der Waals surface area contributed by atoms with Gasteiger partial charge in [-0.05, 0) is 29.5 Å². The number of furan rings is 1. The first-order valence-corrected chi connectivity index (χ1v) is 5.87. The summed E-state index contributed by atoms with van der Waals surface area (Å²) in [5.41, 5.74) is 1.07. The Kier molecular flexibility index (Phi) is 2.45. The summed E-state index contributed by atoms with van der Waals surface area (Å²) in [5.74, 6) is -0.421. The quantitative estimate of drug-likeness (QED) is 0.804. The normalized spacial score (nSPS) is 17.7. The second-order valence-corrected chi connectivity index (χ2v) is 4.71. The van der Waals surface area contributed by atoms with Gasteiger partial charge in [0.15, 0.2) is 0 Å². The molecule has 1 aromatic heterocycles. The van der Waals surface area contributed by atoms with Gasteiger partial charge in [-0.2, -0.15) is 4.39 Å². The Bertz CT molecular complexity index is 704. The largest absolute Gasteiger partial charge is 0.431 e. The third kappa shape index (κ3) is 1.91. The van der Waals surface area contributed by atoms with Gasteiger partial charge in [-0.1, -0.05) is 12.1 Å². The number of hydrogen-bond acceptors (Lipinski definition) is 4. The van der Waals surface area contributed by atoms with E-state index >= 15 is 0 Å². The molecule has 0 bridgehead atoms.